The summed E-state index contributed by atoms with van der Waals surface area (Å²) >= 11 is 5.98. The summed E-state index contributed by atoms with van der Waals surface area (Å²) in [6, 6.07) is 14.2. The quantitative estimate of drug-likeness (QED) is 0.945. The van der Waals surface area contributed by atoms with E-state index in [0.29, 0.717) is 0 Å². The van der Waals surface area contributed by atoms with Crippen molar-refractivity contribution in [3.63, 3.8) is 0 Å². The van der Waals surface area contributed by atoms with Crippen molar-refractivity contribution in [3.05, 3.63) is 64.7 Å². The smallest absolute Gasteiger partial charge is 0.207 e. The third kappa shape index (κ3) is 2.46. The number of rotatable bonds is 3. The van der Waals surface area contributed by atoms with Crippen LogP contribution in [0.4, 0.5) is 0 Å². The van der Waals surface area contributed by atoms with Gasteiger partial charge in [0.15, 0.2) is 0 Å². The van der Waals surface area contributed by atoms with Crippen molar-refractivity contribution in [1.29, 1.82) is 0 Å². The number of sulfonamides is 1. The maximum atomic E-state index is 12.4. The molecule has 0 saturated heterocycles. The summed E-state index contributed by atoms with van der Waals surface area (Å²) in [5, 5.41) is 0.242. The molecule has 2 aromatic rings. The van der Waals surface area contributed by atoms with E-state index in [4.69, 9.17) is 11.6 Å². The van der Waals surface area contributed by atoms with Crippen LogP contribution in [0.1, 0.15) is 23.6 Å². The number of halogens is 1. The minimum atomic E-state index is -3.60. The summed E-state index contributed by atoms with van der Waals surface area (Å²) in [4.78, 5) is 0.131. The minimum Gasteiger partial charge on any atom is -0.207 e. The second-order valence-corrected chi connectivity index (χ2v) is 6.93. The first-order valence-corrected chi connectivity index (χ1v) is 8.29. The summed E-state index contributed by atoms with van der Waals surface area (Å²) < 4.78 is 27.6. The van der Waals surface area contributed by atoms with E-state index in [1.807, 2.05) is 24.3 Å². The first-order chi connectivity index (χ1) is 9.58. The highest BCUT2D eigenvalue weighted by molar-refractivity contribution is 7.89. The Kier molecular flexibility index (Phi) is 3.54. The van der Waals surface area contributed by atoms with Gasteiger partial charge >= 0.3 is 0 Å². The molecule has 104 valence electrons. The third-order valence-electron chi connectivity index (χ3n) is 3.56. The van der Waals surface area contributed by atoms with Gasteiger partial charge in [-0.2, -0.15) is 0 Å². The molecule has 0 fully saturated rings. The Morgan fingerprint density at radius 1 is 1.05 bits per heavy atom. The zero-order chi connectivity index (χ0) is 14.2. The second-order valence-electron chi connectivity index (χ2n) is 4.84. The Balaban J connectivity index is 1.91. The number of hydrogen-bond donors (Lipinski definition) is 1. The Morgan fingerprint density at radius 2 is 1.75 bits per heavy atom. The highest BCUT2D eigenvalue weighted by Crippen LogP contribution is 2.32. The van der Waals surface area contributed by atoms with Gasteiger partial charge < -0.3 is 0 Å². The maximum absolute atomic E-state index is 12.4. The van der Waals surface area contributed by atoms with Gasteiger partial charge in [0.05, 0.1) is 5.02 Å². The van der Waals surface area contributed by atoms with E-state index < -0.39 is 10.0 Å². The summed E-state index contributed by atoms with van der Waals surface area (Å²) in [7, 11) is -3.60. The molecule has 3 nitrogen and oxygen atoms in total. The van der Waals surface area contributed by atoms with Crippen LogP contribution in [0.3, 0.4) is 0 Å². The zero-order valence-corrected chi connectivity index (χ0v) is 12.3. The van der Waals surface area contributed by atoms with Crippen LogP contribution in [-0.2, 0) is 16.4 Å². The molecule has 1 atom stereocenters. The lowest BCUT2D eigenvalue weighted by molar-refractivity contribution is 0.554. The van der Waals surface area contributed by atoms with Gasteiger partial charge in [-0.05, 0) is 36.1 Å². The highest BCUT2D eigenvalue weighted by atomic mass is 35.5. The first-order valence-electron chi connectivity index (χ1n) is 6.42. The second kappa shape index (κ2) is 5.20. The fourth-order valence-electron chi connectivity index (χ4n) is 2.59. The van der Waals surface area contributed by atoms with E-state index in [0.717, 1.165) is 18.4 Å². The molecule has 0 unspecified atom stereocenters. The molecule has 0 saturated carbocycles. The van der Waals surface area contributed by atoms with Crippen LogP contribution >= 0.6 is 11.6 Å². The Bertz CT molecular complexity index is 743. The van der Waals surface area contributed by atoms with Gasteiger partial charge in [0.1, 0.15) is 4.90 Å². The Morgan fingerprint density at radius 3 is 2.55 bits per heavy atom. The number of fused-ring (bicyclic) bond motifs is 1. The number of nitrogens with one attached hydrogen (secondary N) is 1. The largest absolute Gasteiger partial charge is 0.242 e. The van der Waals surface area contributed by atoms with Gasteiger partial charge in [-0.1, -0.05) is 48.0 Å². The molecule has 2 aromatic carbocycles. The fourth-order valence-corrected chi connectivity index (χ4v) is 4.36. The minimum absolute atomic E-state index is 0.131. The van der Waals surface area contributed by atoms with Crippen molar-refractivity contribution < 1.29 is 8.42 Å². The molecule has 0 radical (unpaired) electrons. The van der Waals surface area contributed by atoms with E-state index in [2.05, 4.69) is 4.72 Å². The molecule has 0 heterocycles. The monoisotopic (exact) mass is 307 g/mol. The Labute approximate surface area is 123 Å². The molecule has 1 aliphatic rings. The van der Waals surface area contributed by atoms with Crippen molar-refractivity contribution >= 4 is 21.6 Å². The Hall–Kier alpha value is -1.36. The summed E-state index contributed by atoms with van der Waals surface area (Å²) in [6.45, 7) is 0. The summed E-state index contributed by atoms with van der Waals surface area (Å²) in [5.74, 6) is 0. The van der Waals surface area contributed by atoms with Gasteiger partial charge in [-0.3, -0.25) is 0 Å². The van der Waals surface area contributed by atoms with E-state index in [1.165, 1.54) is 11.6 Å². The van der Waals surface area contributed by atoms with Crippen molar-refractivity contribution in [2.45, 2.75) is 23.8 Å². The predicted octanol–water partition coefficient (Wildman–Crippen LogP) is 3.31. The van der Waals surface area contributed by atoms with Crippen LogP contribution in [0.2, 0.25) is 5.02 Å². The lowest BCUT2D eigenvalue weighted by Crippen LogP contribution is -2.27. The molecule has 0 aliphatic heterocycles. The molecule has 0 aromatic heterocycles. The van der Waals surface area contributed by atoms with E-state index in [1.54, 1.807) is 18.2 Å². The molecular weight excluding hydrogens is 294 g/mol. The van der Waals surface area contributed by atoms with E-state index in [-0.39, 0.29) is 16.0 Å². The predicted molar refractivity (Wildman–Crippen MR) is 79.3 cm³/mol. The highest BCUT2D eigenvalue weighted by Gasteiger charge is 2.27. The van der Waals surface area contributed by atoms with Crippen LogP contribution in [0.5, 0.6) is 0 Å². The lowest BCUT2D eigenvalue weighted by Gasteiger charge is -2.15. The average molecular weight is 308 g/mol. The van der Waals surface area contributed by atoms with Gasteiger partial charge in [0, 0.05) is 6.04 Å². The normalized spacial score (nSPS) is 17.9. The SMILES string of the molecule is O=S(=O)(N[C@H]1CCc2ccccc21)c1ccccc1Cl. The molecule has 0 amide bonds. The third-order valence-corrected chi connectivity index (χ3v) is 5.53. The number of hydrogen-bond acceptors (Lipinski definition) is 2. The van der Waals surface area contributed by atoms with Crippen LogP contribution in [0, 0.1) is 0 Å². The lowest BCUT2D eigenvalue weighted by atomic mass is 10.1. The van der Waals surface area contributed by atoms with Crippen molar-refractivity contribution in [3.8, 4) is 0 Å². The maximum Gasteiger partial charge on any atom is 0.242 e. The van der Waals surface area contributed by atoms with Gasteiger partial charge in [0.25, 0.3) is 0 Å². The van der Waals surface area contributed by atoms with Crippen molar-refractivity contribution in [1.82, 2.24) is 4.72 Å². The fraction of sp³-hybridized carbons (Fsp3) is 0.200. The van der Waals surface area contributed by atoms with E-state index in [9.17, 15) is 8.42 Å². The first kappa shape index (κ1) is 13.6. The van der Waals surface area contributed by atoms with Crippen LogP contribution in [0.15, 0.2) is 53.4 Å². The molecule has 5 heteroatoms. The van der Waals surface area contributed by atoms with Crippen molar-refractivity contribution in [2.24, 2.45) is 0 Å². The molecule has 20 heavy (non-hydrogen) atoms. The molecule has 0 spiro atoms. The van der Waals surface area contributed by atoms with Gasteiger partial charge in [-0.15, -0.1) is 0 Å². The molecule has 3 rings (SSSR count). The van der Waals surface area contributed by atoms with Crippen LogP contribution in [-0.4, -0.2) is 8.42 Å². The molecule has 1 N–H and O–H groups in total. The number of benzene rings is 2. The molecule has 1 aliphatic carbocycles. The standard InChI is InChI=1S/C15H14ClNO2S/c16-13-7-3-4-8-15(13)20(18,19)17-14-10-9-11-5-1-2-6-12(11)14/h1-8,14,17H,9-10H2/t14-/m0/s1. The summed E-state index contributed by atoms with van der Waals surface area (Å²) in [5.41, 5.74) is 2.27. The topological polar surface area (TPSA) is 46.2 Å². The molecular formula is C15H14ClNO2S. The van der Waals surface area contributed by atoms with Crippen LogP contribution in [0.25, 0.3) is 0 Å². The number of aryl methyl sites for hydroxylation is 1. The van der Waals surface area contributed by atoms with Crippen molar-refractivity contribution in [2.75, 3.05) is 0 Å². The van der Waals surface area contributed by atoms with Gasteiger partial charge in [0.2, 0.25) is 10.0 Å². The van der Waals surface area contributed by atoms with Crippen LogP contribution < -0.4 is 4.72 Å². The molecule has 0 bridgehead atoms. The van der Waals surface area contributed by atoms with Gasteiger partial charge in [-0.25, -0.2) is 13.1 Å². The average Bonchev–Trinajstić information content (AvgIpc) is 2.82. The zero-order valence-electron chi connectivity index (χ0n) is 10.7. The van der Waals surface area contributed by atoms with E-state index >= 15 is 0 Å². The summed E-state index contributed by atoms with van der Waals surface area (Å²) in [6.07, 6.45) is 1.68.